The fourth-order valence-corrected chi connectivity index (χ4v) is 3.37. The van der Waals surface area contributed by atoms with E-state index in [0.717, 1.165) is 6.20 Å². The number of halogens is 3. The van der Waals surface area contributed by atoms with Crippen molar-refractivity contribution in [2.24, 2.45) is 5.92 Å². The van der Waals surface area contributed by atoms with E-state index in [4.69, 9.17) is 5.11 Å². The lowest BCUT2D eigenvalue weighted by atomic mass is 9.86. The van der Waals surface area contributed by atoms with E-state index >= 15 is 0 Å². The predicted molar refractivity (Wildman–Crippen MR) is 87.6 cm³/mol. The zero-order valence-electron chi connectivity index (χ0n) is 13.7. The number of amides is 1. The molecule has 0 unspecified atom stereocenters. The highest BCUT2D eigenvalue weighted by molar-refractivity contribution is 6.00. The second-order valence-corrected chi connectivity index (χ2v) is 6.42. The summed E-state index contributed by atoms with van der Waals surface area (Å²) in [6.07, 6.45) is -2.12. The summed E-state index contributed by atoms with van der Waals surface area (Å²) >= 11 is 0. The van der Waals surface area contributed by atoms with Gasteiger partial charge in [-0.3, -0.25) is 14.6 Å². The third kappa shape index (κ3) is 3.63. The summed E-state index contributed by atoms with van der Waals surface area (Å²) < 4.78 is 40.8. The Morgan fingerprint density at radius 1 is 1.12 bits per heavy atom. The number of aliphatic carboxylic acids is 1. The highest BCUT2D eigenvalue weighted by Crippen LogP contribution is 2.37. The number of aromatic nitrogens is 1. The molecule has 1 aliphatic rings. The molecule has 0 atom stereocenters. The van der Waals surface area contributed by atoms with Gasteiger partial charge < -0.3 is 10.4 Å². The Hall–Kier alpha value is -2.64. The van der Waals surface area contributed by atoms with E-state index < -0.39 is 35.1 Å². The summed E-state index contributed by atoms with van der Waals surface area (Å²) in [6.45, 7) is 0. The number of para-hydroxylation sites is 1. The van der Waals surface area contributed by atoms with Gasteiger partial charge in [-0.25, -0.2) is 0 Å². The van der Waals surface area contributed by atoms with Crippen molar-refractivity contribution in [2.45, 2.75) is 37.9 Å². The van der Waals surface area contributed by atoms with E-state index in [9.17, 15) is 22.8 Å². The van der Waals surface area contributed by atoms with E-state index in [1.54, 1.807) is 6.07 Å². The van der Waals surface area contributed by atoms with Gasteiger partial charge in [-0.1, -0.05) is 18.2 Å². The van der Waals surface area contributed by atoms with Crippen molar-refractivity contribution in [3.63, 3.8) is 0 Å². The largest absolute Gasteiger partial charge is 0.481 e. The predicted octanol–water partition coefficient (Wildman–Crippen LogP) is 3.63. The minimum absolute atomic E-state index is 0.123. The van der Waals surface area contributed by atoms with Crippen LogP contribution in [0.2, 0.25) is 0 Å². The lowest BCUT2D eigenvalue weighted by Gasteiger charge is -2.27. The standard InChI is InChI=1S/C18H17F3N2O3/c19-18(20,21)15-12-3-1-2-4-14(12)22-9-13(15)16(24)23-11-7-5-10(6-8-11)17(25)26/h1-4,9-11H,5-8H2,(H,23,24)(H,25,26). The van der Waals surface area contributed by atoms with E-state index in [1.165, 1.54) is 18.2 Å². The maximum absolute atomic E-state index is 13.6. The molecule has 0 radical (unpaired) electrons. The minimum atomic E-state index is -4.70. The van der Waals surface area contributed by atoms with Crippen LogP contribution >= 0.6 is 0 Å². The van der Waals surface area contributed by atoms with Crippen LogP contribution in [0.1, 0.15) is 41.6 Å². The molecule has 0 saturated heterocycles. The van der Waals surface area contributed by atoms with Crippen LogP contribution in [0.15, 0.2) is 30.5 Å². The third-order valence-corrected chi connectivity index (χ3v) is 4.72. The first kappa shape index (κ1) is 18.2. The van der Waals surface area contributed by atoms with E-state index in [0.29, 0.717) is 25.7 Å². The maximum atomic E-state index is 13.6. The van der Waals surface area contributed by atoms with Crippen molar-refractivity contribution in [1.82, 2.24) is 10.3 Å². The van der Waals surface area contributed by atoms with Crippen molar-refractivity contribution < 1.29 is 27.9 Å². The first-order valence-electron chi connectivity index (χ1n) is 8.26. The Labute approximate surface area is 147 Å². The fraction of sp³-hybridized carbons (Fsp3) is 0.389. The zero-order chi connectivity index (χ0) is 18.9. The van der Waals surface area contributed by atoms with Gasteiger partial charge in [-0.05, 0) is 31.7 Å². The summed E-state index contributed by atoms with van der Waals surface area (Å²) in [7, 11) is 0. The van der Waals surface area contributed by atoms with E-state index in [1.807, 2.05) is 0 Å². The molecule has 1 aromatic heterocycles. The number of alkyl halides is 3. The SMILES string of the molecule is O=C(NC1CCC(C(=O)O)CC1)c1cnc2ccccc2c1C(F)(F)F. The third-order valence-electron chi connectivity index (χ3n) is 4.72. The lowest BCUT2D eigenvalue weighted by molar-refractivity contribution is -0.143. The Morgan fingerprint density at radius 2 is 1.77 bits per heavy atom. The number of fused-ring (bicyclic) bond motifs is 1. The molecule has 2 N–H and O–H groups in total. The molecular weight excluding hydrogens is 349 g/mol. The van der Waals surface area contributed by atoms with Crippen LogP contribution in [0.3, 0.4) is 0 Å². The van der Waals surface area contributed by atoms with Gasteiger partial charge >= 0.3 is 12.1 Å². The molecule has 0 spiro atoms. The number of nitrogens with zero attached hydrogens (tertiary/aromatic N) is 1. The molecule has 1 heterocycles. The smallest absolute Gasteiger partial charge is 0.417 e. The number of carboxylic acid groups (broad SMARTS) is 1. The van der Waals surface area contributed by atoms with Crippen LogP contribution in [0.4, 0.5) is 13.2 Å². The summed E-state index contributed by atoms with van der Waals surface area (Å²) in [5.74, 6) is -2.18. The van der Waals surface area contributed by atoms with Gasteiger partial charge in [-0.15, -0.1) is 0 Å². The quantitative estimate of drug-likeness (QED) is 0.869. The van der Waals surface area contributed by atoms with Crippen LogP contribution in [0.5, 0.6) is 0 Å². The molecular formula is C18H17F3N2O3. The Morgan fingerprint density at radius 3 is 2.38 bits per heavy atom. The molecule has 5 nitrogen and oxygen atoms in total. The average molecular weight is 366 g/mol. The van der Waals surface area contributed by atoms with Gasteiger partial charge in [-0.2, -0.15) is 13.2 Å². The van der Waals surface area contributed by atoms with Crippen LogP contribution in [-0.2, 0) is 11.0 Å². The minimum Gasteiger partial charge on any atom is -0.481 e. The second-order valence-electron chi connectivity index (χ2n) is 6.42. The van der Waals surface area contributed by atoms with Crippen molar-refractivity contribution in [3.05, 3.63) is 41.6 Å². The molecule has 26 heavy (non-hydrogen) atoms. The highest BCUT2D eigenvalue weighted by atomic mass is 19.4. The number of hydrogen-bond donors (Lipinski definition) is 2. The van der Waals surface area contributed by atoms with Crippen molar-refractivity contribution in [1.29, 1.82) is 0 Å². The molecule has 3 rings (SSSR count). The first-order valence-corrected chi connectivity index (χ1v) is 8.26. The van der Waals surface area contributed by atoms with Crippen LogP contribution in [0.25, 0.3) is 10.9 Å². The van der Waals surface area contributed by atoms with Gasteiger partial charge in [0.15, 0.2) is 0 Å². The summed E-state index contributed by atoms with van der Waals surface area (Å²) in [5, 5.41) is 11.5. The number of carbonyl (C=O) groups is 2. The Balaban J connectivity index is 1.86. The van der Waals surface area contributed by atoms with Crippen molar-refractivity contribution in [2.75, 3.05) is 0 Å². The Kier molecular flexibility index (Phi) is 4.84. The molecule has 1 saturated carbocycles. The molecule has 0 aliphatic heterocycles. The molecule has 2 aromatic rings. The number of pyridine rings is 1. The van der Waals surface area contributed by atoms with Gasteiger partial charge in [0.2, 0.25) is 0 Å². The molecule has 1 amide bonds. The average Bonchev–Trinajstić information content (AvgIpc) is 2.60. The fourth-order valence-electron chi connectivity index (χ4n) is 3.37. The molecule has 8 heteroatoms. The van der Waals surface area contributed by atoms with E-state index in [-0.39, 0.29) is 16.9 Å². The summed E-state index contributed by atoms with van der Waals surface area (Å²) in [6, 6.07) is 5.45. The first-order chi connectivity index (χ1) is 12.3. The number of carboxylic acids is 1. The van der Waals surface area contributed by atoms with Gasteiger partial charge in [0.1, 0.15) is 0 Å². The normalized spacial score (nSPS) is 20.7. The monoisotopic (exact) mass is 366 g/mol. The van der Waals surface area contributed by atoms with Crippen LogP contribution in [-0.4, -0.2) is 28.0 Å². The van der Waals surface area contributed by atoms with Gasteiger partial charge in [0.25, 0.3) is 5.91 Å². The number of hydrogen-bond acceptors (Lipinski definition) is 3. The van der Waals surface area contributed by atoms with Gasteiger partial charge in [0.05, 0.1) is 22.6 Å². The van der Waals surface area contributed by atoms with Crippen LogP contribution in [0, 0.1) is 5.92 Å². The topological polar surface area (TPSA) is 79.3 Å². The molecule has 1 fully saturated rings. The number of carbonyl (C=O) groups excluding carboxylic acids is 1. The summed E-state index contributed by atoms with van der Waals surface area (Å²) in [4.78, 5) is 27.4. The van der Waals surface area contributed by atoms with Crippen molar-refractivity contribution in [3.8, 4) is 0 Å². The molecule has 1 aliphatic carbocycles. The summed E-state index contributed by atoms with van der Waals surface area (Å²) in [5.41, 5.74) is -1.35. The molecule has 1 aromatic carbocycles. The number of nitrogens with one attached hydrogen (secondary N) is 1. The maximum Gasteiger partial charge on any atom is 0.417 e. The van der Waals surface area contributed by atoms with Crippen LogP contribution < -0.4 is 5.32 Å². The molecule has 0 bridgehead atoms. The second kappa shape index (κ2) is 6.93. The number of rotatable bonds is 3. The lowest BCUT2D eigenvalue weighted by Crippen LogP contribution is -2.39. The number of benzene rings is 1. The zero-order valence-corrected chi connectivity index (χ0v) is 13.7. The highest BCUT2D eigenvalue weighted by Gasteiger charge is 2.38. The molecule has 138 valence electrons. The Bertz CT molecular complexity index is 843. The van der Waals surface area contributed by atoms with Crippen molar-refractivity contribution >= 4 is 22.8 Å². The van der Waals surface area contributed by atoms with Gasteiger partial charge in [0, 0.05) is 17.6 Å². The van der Waals surface area contributed by atoms with E-state index in [2.05, 4.69) is 10.3 Å².